The van der Waals surface area contributed by atoms with Crippen molar-refractivity contribution in [3.05, 3.63) is 95.6 Å². The van der Waals surface area contributed by atoms with Crippen molar-refractivity contribution < 1.29 is 14.6 Å². The third-order valence-electron chi connectivity index (χ3n) is 4.68. The molecule has 0 spiro atoms. The Bertz CT molecular complexity index is 975. The first kappa shape index (κ1) is 21.3. The zero-order valence-electron chi connectivity index (χ0n) is 17.4. The van der Waals surface area contributed by atoms with Gasteiger partial charge in [0.1, 0.15) is 18.1 Å². The first-order chi connectivity index (χ1) is 14.5. The van der Waals surface area contributed by atoms with E-state index in [4.69, 9.17) is 4.74 Å². The number of aromatic hydroxyl groups is 1. The van der Waals surface area contributed by atoms with Gasteiger partial charge >= 0.3 is 0 Å². The van der Waals surface area contributed by atoms with E-state index >= 15 is 0 Å². The Hall–Kier alpha value is -3.37. The molecule has 0 aliphatic rings. The van der Waals surface area contributed by atoms with Crippen molar-refractivity contribution in [2.45, 2.75) is 6.42 Å². The predicted octanol–water partition coefficient (Wildman–Crippen LogP) is 4.69. The molecule has 154 valence electrons. The highest BCUT2D eigenvalue weighted by Gasteiger charge is 2.13. The Morgan fingerprint density at radius 3 is 2.23 bits per heavy atom. The summed E-state index contributed by atoms with van der Waals surface area (Å²) in [6, 6.07) is 24.2. The molecule has 0 aliphatic heterocycles. The smallest absolute Gasteiger partial charge is 0.167 e. The molecule has 30 heavy (non-hydrogen) atoms. The van der Waals surface area contributed by atoms with Crippen molar-refractivity contribution in [3.63, 3.8) is 0 Å². The summed E-state index contributed by atoms with van der Waals surface area (Å²) in [5.41, 5.74) is 3.29. The Labute approximate surface area is 178 Å². The second-order valence-corrected chi connectivity index (χ2v) is 7.41. The van der Waals surface area contributed by atoms with Crippen molar-refractivity contribution in [2.75, 3.05) is 27.2 Å². The SMILES string of the molecule is CN(C)CCOc1ccc(CC(=O)C(=Cc2ccccc2)c2ccc(O)cc2)cc1. The zero-order valence-corrected chi connectivity index (χ0v) is 17.4. The number of carbonyl (C=O) groups excluding carboxylic acids is 1. The van der Waals surface area contributed by atoms with E-state index in [0.717, 1.165) is 29.0 Å². The molecule has 0 radical (unpaired) electrons. The molecule has 0 aliphatic carbocycles. The van der Waals surface area contributed by atoms with Gasteiger partial charge in [-0.3, -0.25) is 4.79 Å². The van der Waals surface area contributed by atoms with Crippen LogP contribution < -0.4 is 4.74 Å². The van der Waals surface area contributed by atoms with Crippen LogP contribution in [0.25, 0.3) is 11.6 Å². The maximum absolute atomic E-state index is 13.2. The van der Waals surface area contributed by atoms with E-state index in [2.05, 4.69) is 4.90 Å². The Kier molecular flexibility index (Phi) is 7.41. The summed E-state index contributed by atoms with van der Waals surface area (Å²) in [4.78, 5) is 15.2. The average molecular weight is 402 g/mol. The molecule has 4 nitrogen and oxygen atoms in total. The molecule has 3 aromatic rings. The lowest BCUT2D eigenvalue weighted by atomic mass is 9.95. The van der Waals surface area contributed by atoms with Gasteiger partial charge in [-0.15, -0.1) is 0 Å². The standard InChI is InChI=1S/C26H27NO3/c1-27(2)16-17-30-24-14-8-21(9-15-24)19-26(29)25(18-20-6-4-3-5-7-20)22-10-12-23(28)13-11-22/h3-15,18,28H,16-17,19H2,1-2H3. The third-order valence-corrected chi connectivity index (χ3v) is 4.68. The molecule has 0 amide bonds. The normalized spacial score (nSPS) is 11.5. The molecule has 1 N–H and O–H groups in total. The number of nitrogens with zero attached hydrogens (tertiary/aromatic N) is 1. The summed E-state index contributed by atoms with van der Waals surface area (Å²) < 4.78 is 5.72. The molecule has 3 aromatic carbocycles. The van der Waals surface area contributed by atoms with Crippen molar-refractivity contribution in [2.24, 2.45) is 0 Å². The Morgan fingerprint density at radius 1 is 0.933 bits per heavy atom. The van der Waals surface area contributed by atoms with E-state index in [-0.39, 0.29) is 18.0 Å². The Morgan fingerprint density at radius 2 is 1.60 bits per heavy atom. The fraction of sp³-hybridized carbons (Fsp3) is 0.192. The number of Topliss-reactive ketones (excluding diaryl/α,β-unsaturated/α-hetero) is 1. The average Bonchev–Trinajstić information content (AvgIpc) is 2.74. The van der Waals surface area contributed by atoms with Gasteiger partial charge in [0.05, 0.1) is 0 Å². The van der Waals surface area contributed by atoms with Crippen molar-refractivity contribution in [3.8, 4) is 11.5 Å². The predicted molar refractivity (Wildman–Crippen MR) is 122 cm³/mol. The lowest BCUT2D eigenvalue weighted by Crippen LogP contribution is -2.19. The first-order valence-electron chi connectivity index (χ1n) is 9.97. The van der Waals surface area contributed by atoms with Crippen LogP contribution in [0, 0.1) is 0 Å². The van der Waals surface area contributed by atoms with Gasteiger partial charge in [0.2, 0.25) is 0 Å². The molecule has 0 bridgehead atoms. The number of phenols is 1. The molecule has 4 heteroatoms. The van der Waals surface area contributed by atoms with E-state index in [0.29, 0.717) is 12.2 Å². The van der Waals surface area contributed by atoms with Crippen LogP contribution in [0.2, 0.25) is 0 Å². The summed E-state index contributed by atoms with van der Waals surface area (Å²) >= 11 is 0. The van der Waals surface area contributed by atoms with E-state index in [1.165, 1.54) is 0 Å². The second kappa shape index (κ2) is 10.4. The fourth-order valence-corrected chi connectivity index (χ4v) is 3.01. The maximum atomic E-state index is 13.2. The second-order valence-electron chi connectivity index (χ2n) is 7.41. The zero-order chi connectivity index (χ0) is 21.3. The molecule has 3 rings (SSSR count). The van der Waals surface area contributed by atoms with E-state index in [1.807, 2.05) is 74.8 Å². The largest absolute Gasteiger partial charge is 0.508 e. The number of carbonyl (C=O) groups is 1. The third kappa shape index (κ3) is 6.33. The summed E-state index contributed by atoms with van der Waals surface area (Å²) in [5.74, 6) is 0.993. The van der Waals surface area contributed by atoms with Crippen LogP contribution in [0.5, 0.6) is 11.5 Å². The quantitative estimate of drug-likeness (QED) is 0.418. The number of phenolic OH excluding ortho intramolecular Hbond substituents is 1. The van der Waals surface area contributed by atoms with Gasteiger partial charge in [-0.25, -0.2) is 0 Å². The summed E-state index contributed by atoms with van der Waals surface area (Å²) in [6.45, 7) is 1.47. The summed E-state index contributed by atoms with van der Waals surface area (Å²) in [5, 5.41) is 9.60. The number of ketones is 1. The highest BCUT2D eigenvalue weighted by Crippen LogP contribution is 2.24. The number of hydrogen-bond acceptors (Lipinski definition) is 4. The Balaban J connectivity index is 1.76. The molecular formula is C26H27NO3. The summed E-state index contributed by atoms with van der Waals surface area (Å²) in [7, 11) is 4.01. The van der Waals surface area contributed by atoms with Gasteiger partial charge in [-0.05, 0) is 61.1 Å². The van der Waals surface area contributed by atoms with Gasteiger partial charge < -0.3 is 14.7 Å². The van der Waals surface area contributed by atoms with Crippen LogP contribution in [-0.2, 0) is 11.2 Å². The van der Waals surface area contributed by atoms with Crippen LogP contribution >= 0.6 is 0 Å². The minimum atomic E-state index is 0.0193. The van der Waals surface area contributed by atoms with Crippen molar-refractivity contribution in [1.29, 1.82) is 0 Å². The number of ether oxygens (including phenoxy) is 1. The molecule has 0 aromatic heterocycles. The molecule has 0 atom stereocenters. The minimum absolute atomic E-state index is 0.0193. The van der Waals surface area contributed by atoms with Crippen LogP contribution in [0.3, 0.4) is 0 Å². The van der Waals surface area contributed by atoms with E-state index < -0.39 is 0 Å². The van der Waals surface area contributed by atoms with Gasteiger partial charge in [0.15, 0.2) is 5.78 Å². The number of allylic oxidation sites excluding steroid dienone is 1. The lowest BCUT2D eigenvalue weighted by molar-refractivity contribution is -0.113. The van der Waals surface area contributed by atoms with E-state index in [1.54, 1.807) is 24.3 Å². The van der Waals surface area contributed by atoms with Gasteiger partial charge in [-0.2, -0.15) is 0 Å². The number of rotatable bonds is 9. The van der Waals surface area contributed by atoms with Crippen LogP contribution in [0.15, 0.2) is 78.9 Å². The van der Waals surface area contributed by atoms with Gasteiger partial charge in [0.25, 0.3) is 0 Å². The molecule has 0 saturated carbocycles. The highest BCUT2D eigenvalue weighted by molar-refractivity contribution is 6.25. The number of benzene rings is 3. The first-order valence-corrected chi connectivity index (χ1v) is 9.97. The van der Waals surface area contributed by atoms with Crippen LogP contribution in [0.4, 0.5) is 0 Å². The van der Waals surface area contributed by atoms with Crippen LogP contribution in [-0.4, -0.2) is 43.0 Å². The molecule has 0 saturated heterocycles. The highest BCUT2D eigenvalue weighted by atomic mass is 16.5. The number of hydrogen-bond donors (Lipinski definition) is 1. The van der Waals surface area contributed by atoms with Crippen LogP contribution in [0.1, 0.15) is 16.7 Å². The minimum Gasteiger partial charge on any atom is -0.508 e. The van der Waals surface area contributed by atoms with Gasteiger partial charge in [-0.1, -0.05) is 54.6 Å². The fourth-order valence-electron chi connectivity index (χ4n) is 3.01. The molecular weight excluding hydrogens is 374 g/mol. The van der Waals surface area contributed by atoms with Crippen molar-refractivity contribution >= 4 is 17.4 Å². The summed E-state index contributed by atoms with van der Waals surface area (Å²) in [6.07, 6.45) is 2.19. The van der Waals surface area contributed by atoms with Gasteiger partial charge in [0, 0.05) is 18.5 Å². The monoisotopic (exact) mass is 401 g/mol. The number of likely N-dealkylation sites (N-methyl/N-ethyl adjacent to an activating group) is 1. The lowest BCUT2D eigenvalue weighted by Gasteiger charge is -2.12. The maximum Gasteiger partial charge on any atom is 0.167 e. The molecule has 0 heterocycles. The molecule has 0 fully saturated rings. The van der Waals surface area contributed by atoms with E-state index in [9.17, 15) is 9.90 Å². The molecule has 0 unspecified atom stereocenters. The topological polar surface area (TPSA) is 49.8 Å². The van der Waals surface area contributed by atoms with Crippen molar-refractivity contribution in [1.82, 2.24) is 4.90 Å².